The predicted molar refractivity (Wildman–Crippen MR) is 47.1 cm³/mol. The molecule has 0 bridgehead atoms. The number of halogens is 1. The van der Waals surface area contributed by atoms with Crippen LogP contribution >= 0.6 is 23.2 Å². The Kier molecular flexibility index (Phi) is 3.06. The second kappa shape index (κ2) is 3.67. The lowest BCUT2D eigenvalue weighted by Crippen LogP contribution is -1.91. The summed E-state index contributed by atoms with van der Waals surface area (Å²) < 4.78 is 15.3. The summed E-state index contributed by atoms with van der Waals surface area (Å²) in [7, 11) is 0. The van der Waals surface area contributed by atoms with Crippen LogP contribution in [0.4, 0.5) is 0 Å². The topological polar surface area (TPSA) is 26.3 Å². The average molecular weight is 211 g/mol. The van der Waals surface area contributed by atoms with Crippen molar-refractivity contribution in [3.8, 4) is 0 Å². The Hall–Kier alpha value is 0.1000. The van der Waals surface area contributed by atoms with Gasteiger partial charge in [0, 0.05) is 4.88 Å². The molecule has 0 fully saturated rings. The van der Waals surface area contributed by atoms with E-state index in [9.17, 15) is 4.21 Å². The largest absolute Gasteiger partial charge is 0.223 e. The van der Waals surface area contributed by atoms with E-state index in [1.54, 1.807) is 11.3 Å². The average Bonchev–Trinajstić information content (AvgIpc) is 2.30. The molecule has 2 nitrogen and oxygen atoms in total. The van der Waals surface area contributed by atoms with Crippen LogP contribution in [-0.4, -0.2) is 4.21 Å². The van der Waals surface area contributed by atoms with Crippen molar-refractivity contribution in [2.75, 3.05) is 0 Å². The Morgan fingerprint density at radius 2 is 2.27 bits per heavy atom. The molecule has 0 N–H and O–H groups in total. The Morgan fingerprint density at radius 1 is 1.64 bits per heavy atom. The zero-order chi connectivity index (χ0) is 8.43. The zero-order valence-corrected chi connectivity index (χ0v) is 8.48. The highest BCUT2D eigenvalue weighted by molar-refractivity contribution is 7.81. The van der Waals surface area contributed by atoms with Crippen LogP contribution in [0.3, 0.4) is 0 Å². The molecule has 0 aliphatic carbocycles. The normalized spacial score (nSPS) is 13.4. The molecule has 1 rings (SSSR count). The van der Waals surface area contributed by atoms with Crippen LogP contribution < -0.4 is 0 Å². The van der Waals surface area contributed by atoms with E-state index in [1.807, 2.05) is 19.2 Å². The monoisotopic (exact) mass is 210 g/mol. The molecule has 1 aromatic heterocycles. The highest BCUT2D eigenvalue weighted by Crippen LogP contribution is 2.25. The molecule has 1 unspecified atom stereocenters. The second-order valence-electron chi connectivity index (χ2n) is 2.10. The minimum atomic E-state index is -1.51. The van der Waals surface area contributed by atoms with Gasteiger partial charge >= 0.3 is 0 Å². The molecule has 5 heteroatoms. The Labute approximate surface area is 77.0 Å². The van der Waals surface area contributed by atoms with Gasteiger partial charge in [0.1, 0.15) is 0 Å². The van der Waals surface area contributed by atoms with Crippen molar-refractivity contribution in [2.45, 2.75) is 18.7 Å². The molecule has 0 aliphatic rings. The number of aryl methyl sites for hydroxylation is 2. The third-order valence-electron chi connectivity index (χ3n) is 1.31. The molecular weight excluding hydrogens is 204 g/mol. The van der Waals surface area contributed by atoms with Crippen LogP contribution in [0.1, 0.15) is 10.4 Å². The summed E-state index contributed by atoms with van der Waals surface area (Å²) in [6.45, 7) is 3.77. The number of hydrogen-bond acceptors (Lipinski definition) is 3. The first-order chi connectivity index (χ1) is 5.16. The molecule has 11 heavy (non-hydrogen) atoms. The number of rotatable bonds is 2. The Bertz CT molecular complexity index is 263. The fourth-order valence-corrected chi connectivity index (χ4v) is 2.81. The van der Waals surface area contributed by atoms with E-state index in [0.717, 1.165) is 10.4 Å². The summed E-state index contributed by atoms with van der Waals surface area (Å²) in [5.41, 5.74) is 0.964. The van der Waals surface area contributed by atoms with Crippen molar-refractivity contribution in [2.24, 2.45) is 0 Å². The molecule has 62 valence electrons. The lowest BCUT2D eigenvalue weighted by molar-refractivity contribution is 0.597. The van der Waals surface area contributed by atoms with Crippen molar-refractivity contribution in [1.82, 2.24) is 0 Å². The summed E-state index contributed by atoms with van der Waals surface area (Å²) in [5, 5.41) is 1.93. The number of thiophene rings is 1. The molecule has 0 aromatic carbocycles. The van der Waals surface area contributed by atoms with Gasteiger partial charge in [-0.3, -0.25) is 0 Å². The van der Waals surface area contributed by atoms with Crippen LogP contribution in [0.5, 0.6) is 0 Å². The standard InChI is InChI=1S/C6H7ClO2S2/c1-4-3-10-5(2)6(4)11(8)9-7/h3H,1-2H3. The van der Waals surface area contributed by atoms with Crippen molar-refractivity contribution >= 4 is 34.3 Å². The van der Waals surface area contributed by atoms with Gasteiger partial charge in [-0.05, 0) is 24.8 Å². The van der Waals surface area contributed by atoms with Crippen molar-refractivity contribution in [1.29, 1.82) is 0 Å². The van der Waals surface area contributed by atoms with E-state index in [4.69, 9.17) is 11.9 Å². The molecule has 1 aromatic rings. The second-order valence-corrected chi connectivity index (χ2v) is 4.57. The van der Waals surface area contributed by atoms with Gasteiger partial charge in [0.05, 0.1) is 16.8 Å². The van der Waals surface area contributed by atoms with Gasteiger partial charge in [-0.2, -0.15) is 3.74 Å². The minimum absolute atomic E-state index is 0.699. The fourth-order valence-electron chi connectivity index (χ4n) is 0.842. The molecule has 0 amide bonds. The molecule has 0 saturated heterocycles. The molecule has 0 saturated carbocycles. The van der Waals surface area contributed by atoms with E-state index in [0.29, 0.717) is 4.90 Å². The van der Waals surface area contributed by atoms with Crippen LogP contribution in [-0.2, 0) is 14.8 Å². The smallest absolute Gasteiger partial charge is 0.207 e. The molecule has 0 spiro atoms. The molecular formula is C6H7ClO2S2. The first-order valence-corrected chi connectivity index (χ1v) is 5.18. The maximum atomic E-state index is 11.1. The quantitative estimate of drug-likeness (QED) is 0.750. The molecule has 1 atom stereocenters. The maximum Gasteiger partial charge on any atom is 0.207 e. The van der Waals surface area contributed by atoms with Gasteiger partial charge in [-0.1, -0.05) is 0 Å². The fraction of sp³-hybridized carbons (Fsp3) is 0.333. The van der Waals surface area contributed by atoms with E-state index in [1.165, 1.54) is 0 Å². The highest BCUT2D eigenvalue weighted by Gasteiger charge is 2.12. The van der Waals surface area contributed by atoms with Crippen LogP contribution in [0.2, 0.25) is 0 Å². The maximum absolute atomic E-state index is 11.1. The van der Waals surface area contributed by atoms with E-state index < -0.39 is 11.1 Å². The van der Waals surface area contributed by atoms with Gasteiger partial charge in [-0.15, -0.1) is 11.3 Å². The molecule has 0 aliphatic heterocycles. The summed E-state index contributed by atoms with van der Waals surface area (Å²) in [6, 6.07) is 0. The van der Waals surface area contributed by atoms with Crippen LogP contribution in [0.15, 0.2) is 10.3 Å². The third kappa shape index (κ3) is 1.82. The predicted octanol–water partition coefficient (Wildman–Crippen LogP) is 2.56. The summed E-state index contributed by atoms with van der Waals surface area (Å²) in [6.07, 6.45) is 0. The Morgan fingerprint density at radius 3 is 2.64 bits per heavy atom. The first-order valence-electron chi connectivity index (χ1n) is 2.92. The van der Waals surface area contributed by atoms with E-state index in [-0.39, 0.29) is 0 Å². The van der Waals surface area contributed by atoms with E-state index in [2.05, 4.69) is 3.74 Å². The van der Waals surface area contributed by atoms with Gasteiger partial charge in [0.2, 0.25) is 11.1 Å². The van der Waals surface area contributed by atoms with Crippen molar-refractivity contribution in [3.05, 3.63) is 15.8 Å². The summed E-state index contributed by atoms with van der Waals surface area (Å²) in [4.78, 5) is 1.69. The SMILES string of the molecule is Cc1csc(C)c1S(=O)OCl. The summed E-state index contributed by atoms with van der Waals surface area (Å²) >= 11 is 5.03. The van der Waals surface area contributed by atoms with E-state index >= 15 is 0 Å². The molecule has 1 heterocycles. The lowest BCUT2D eigenvalue weighted by Gasteiger charge is -1.95. The van der Waals surface area contributed by atoms with Crippen molar-refractivity contribution in [3.63, 3.8) is 0 Å². The van der Waals surface area contributed by atoms with Gasteiger partial charge in [0.25, 0.3) is 0 Å². The third-order valence-corrected chi connectivity index (χ3v) is 3.89. The highest BCUT2D eigenvalue weighted by atomic mass is 35.5. The molecule has 0 radical (unpaired) electrons. The van der Waals surface area contributed by atoms with Gasteiger partial charge in [0.15, 0.2) is 0 Å². The number of hydrogen-bond donors (Lipinski definition) is 0. The van der Waals surface area contributed by atoms with Crippen LogP contribution in [0.25, 0.3) is 0 Å². The zero-order valence-electron chi connectivity index (χ0n) is 6.09. The Balaban J connectivity index is 3.10. The van der Waals surface area contributed by atoms with Crippen molar-refractivity contribution < 1.29 is 7.94 Å². The lowest BCUT2D eigenvalue weighted by atomic mass is 10.3. The summed E-state index contributed by atoms with van der Waals surface area (Å²) in [5.74, 6) is 0. The van der Waals surface area contributed by atoms with Gasteiger partial charge in [-0.25, -0.2) is 4.21 Å². The van der Waals surface area contributed by atoms with Gasteiger partial charge < -0.3 is 0 Å². The van der Waals surface area contributed by atoms with Crippen LogP contribution in [0, 0.1) is 13.8 Å². The minimum Gasteiger partial charge on any atom is -0.223 e. The first kappa shape index (κ1) is 9.19.